The van der Waals surface area contributed by atoms with E-state index in [0.29, 0.717) is 42.8 Å². The van der Waals surface area contributed by atoms with Crippen LogP contribution in [0.4, 0.5) is 0 Å². The van der Waals surface area contributed by atoms with Crippen LogP contribution >= 0.6 is 23.2 Å². The summed E-state index contributed by atoms with van der Waals surface area (Å²) in [6, 6.07) is 5.41. The van der Waals surface area contributed by atoms with E-state index in [9.17, 15) is 14.7 Å². The Morgan fingerprint density at radius 1 is 1.15 bits per heavy atom. The van der Waals surface area contributed by atoms with E-state index in [4.69, 9.17) is 23.2 Å². The number of aryl methyl sites for hydroxylation is 1. The quantitative estimate of drug-likeness (QED) is 0.857. The van der Waals surface area contributed by atoms with E-state index in [-0.39, 0.29) is 17.2 Å². The van der Waals surface area contributed by atoms with Crippen LogP contribution in [-0.4, -0.2) is 62.7 Å². The molecular formula is C17H18Cl2N4O3. The van der Waals surface area contributed by atoms with Crippen LogP contribution in [0, 0.1) is 0 Å². The first-order valence-corrected chi connectivity index (χ1v) is 8.84. The first-order valence-electron chi connectivity index (χ1n) is 8.08. The second-order valence-corrected chi connectivity index (χ2v) is 6.92. The number of amides is 1. The minimum absolute atomic E-state index is 0.0970. The highest BCUT2D eigenvalue weighted by molar-refractivity contribution is 6.35. The standard InChI is InChI=1S/C17H18Cl2N4O3/c1-21-15(17(25)26)11(9-20-21)16(24)23-7-5-22(6-8-23)10-12-13(18)3-2-4-14(12)19/h2-4,9H,5-8,10H2,1H3,(H,25,26). The molecule has 0 spiro atoms. The van der Waals surface area contributed by atoms with Crippen molar-refractivity contribution in [2.75, 3.05) is 26.2 Å². The van der Waals surface area contributed by atoms with Crippen LogP contribution in [0.15, 0.2) is 24.4 Å². The van der Waals surface area contributed by atoms with E-state index in [1.807, 2.05) is 0 Å². The van der Waals surface area contributed by atoms with Crippen molar-refractivity contribution < 1.29 is 14.7 Å². The Kier molecular flexibility index (Phi) is 5.50. The Balaban J connectivity index is 1.65. The summed E-state index contributed by atoms with van der Waals surface area (Å²) in [5.41, 5.74) is 0.888. The molecule has 7 nitrogen and oxygen atoms in total. The summed E-state index contributed by atoms with van der Waals surface area (Å²) in [5, 5.41) is 14.4. The third-order valence-electron chi connectivity index (χ3n) is 4.47. The zero-order valence-corrected chi connectivity index (χ0v) is 15.7. The molecule has 1 amide bonds. The summed E-state index contributed by atoms with van der Waals surface area (Å²) in [5.74, 6) is -1.48. The number of carbonyl (C=O) groups excluding carboxylic acids is 1. The number of aromatic nitrogens is 2. The maximum absolute atomic E-state index is 12.7. The topological polar surface area (TPSA) is 78.7 Å². The van der Waals surface area contributed by atoms with Crippen LogP contribution in [0.25, 0.3) is 0 Å². The largest absolute Gasteiger partial charge is 0.477 e. The normalized spacial score (nSPS) is 15.3. The molecule has 0 unspecified atom stereocenters. The molecule has 1 aliphatic heterocycles. The maximum atomic E-state index is 12.7. The van der Waals surface area contributed by atoms with Crippen LogP contribution in [0.2, 0.25) is 10.0 Å². The maximum Gasteiger partial charge on any atom is 0.354 e. The zero-order valence-electron chi connectivity index (χ0n) is 14.2. The van der Waals surface area contributed by atoms with Gasteiger partial charge >= 0.3 is 5.97 Å². The van der Waals surface area contributed by atoms with E-state index >= 15 is 0 Å². The number of carboxylic acid groups (broad SMARTS) is 1. The Labute approximate surface area is 160 Å². The molecule has 0 saturated carbocycles. The molecule has 0 aliphatic carbocycles. The van der Waals surface area contributed by atoms with Crippen molar-refractivity contribution in [1.29, 1.82) is 0 Å². The molecule has 1 aliphatic rings. The van der Waals surface area contributed by atoms with Crippen molar-refractivity contribution >= 4 is 35.1 Å². The molecule has 0 atom stereocenters. The number of benzene rings is 1. The molecule has 2 heterocycles. The van der Waals surface area contributed by atoms with Gasteiger partial charge in [-0.3, -0.25) is 14.4 Å². The molecule has 3 rings (SSSR count). The minimum atomic E-state index is -1.17. The van der Waals surface area contributed by atoms with Gasteiger partial charge in [0.15, 0.2) is 5.69 Å². The highest BCUT2D eigenvalue weighted by Crippen LogP contribution is 2.26. The molecular weight excluding hydrogens is 379 g/mol. The fourth-order valence-electron chi connectivity index (χ4n) is 3.03. The van der Waals surface area contributed by atoms with Crippen molar-refractivity contribution in [2.24, 2.45) is 7.05 Å². The Bertz CT molecular complexity index is 824. The number of nitrogens with zero attached hydrogens (tertiary/aromatic N) is 4. The van der Waals surface area contributed by atoms with E-state index in [0.717, 1.165) is 5.56 Å². The Morgan fingerprint density at radius 2 is 1.77 bits per heavy atom. The van der Waals surface area contributed by atoms with Gasteiger partial charge in [0.2, 0.25) is 0 Å². The van der Waals surface area contributed by atoms with Gasteiger partial charge in [-0.25, -0.2) is 4.79 Å². The van der Waals surface area contributed by atoms with Gasteiger partial charge in [0.25, 0.3) is 5.91 Å². The predicted octanol–water partition coefficient (Wildman–Crippen LogP) is 2.38. The summed E-state index contributed by atoms with van der Waals surface area (Å²) in [4.78, 5) is 27.8. The van der Waals surface area contributed by atoms with Gasteiger partial charge in [-0.1, -0.05) is 29.3 Å². The second kappa shape index (κ2) is 7.65. The van der Waals surface area contributed by atoms with Crippen LogP contribution in [0.5, 0.6) is 0 Å². The van der Waals surface area contributed by atoms with E-state index in [1.165, 1.54) is 17.9 Å². The van der Waals surface area contributed by atoms with Crippen molar-refractivity contribution in [3.8, 4) is 0 Å². The molecule has 1 fully saturated rings. The molecule has 1 N–H and O–H groups in total. The monoisotopic (exact) mass is 396 g/mol. The van der Waals surface area contributed by atoms with Crippen LogP contribution in [0.1, 0.15) is 26.4 Å². The van der Waals surface area contributed by atoms with Gasteiger partial charge < -0.3 is 10.0 Å². The number of piperazine rings is 1. The molecule has 9 heteroatoms. The summed E-state index contributed by atoms with van der Waals surface area (Å²) < 4.78 is 1.20. The first kappa shape index (κ1) is 18.7. The van der Waals surface area contributed by atoms with E-state index in [2.05, 4.69) is 10.00 Å². The molecule has 0 radical (unpaired) electrons. The van der Waals surface area contributed by atoms with Crippen LogP contribution in [0.3, 0.4) is 0 Å². The number of aromatic carboxylic acids is 1. The highest BCUT2D eigenvalue weighted by atomic mass is 35.5. The molecule has 1 aromatic heterocycles. The van der Waals surface area contributed by atoms with Gasteiger partial charge in [-0.05, 0) is 12.1 Å². The molecule has 2 aromatic rings. The fraction of sp³-hybridized carbons (Fsp3) is 0.353. The molecule has 1 saturated heterocycles. The number of carboxylic acids is 1. The van der Waals surface area contributed by atoms with Gasteiger partial charge in [0, 0.05) is 55.4 Å². The number of hydrogen-bond acceptors (Lipinski definition) is 4. The average molecular weight is 397 g/mol. The number of halogens is 2. The SMILES string of the molecule is Cn1ncc(C(=O)N2CCN(Cc3c(Cl)cccc3Cl)CC2)c1C(=O)O. The number of carbonyl (C=O) groups is 2. The zero-order chi connectivity index (χ0) is 18.8. The van der Waals surface area contributed by atoms with Gasteiger partial charge in [-0.15, -0.1) is 0 Å². The number of hydrogen-bond donors (Lipinski definition) is 1. The van der Waals surface area contributed by atoms with Crippen LogP contribution < -0.4 is 0 Å². The van der Waals surface area contributed by atoms with Crippen molar-refractivity contribution in [1.82, 2.24) is 19.6 Å². The molecule has 138 valence electrons. The first-order chi connectivity index (χ1) is 12.4. The minimum Gasteiger partial charge on any atom is -0.477 e. The molecule has 1 aromatic carbocycles. The number of rotatable bonds is 4. The molecule has 26 heavy (non-hydrogen) atoms. The lowest BCUT2D eigenvalue weighted by Crippen LogP contribution is -2.48. The fourth-order valence-corrected chi connectivity index (χ4v) is 3.55. The Hall–Kier alpha value is -2.09. The van der Waals surface area contributed by atoms with Crippen molar-refractivity contribution in [3.05, 3.63) is 51.3 Å². The lowest BCUT2D eigenvalue weighted by atomic mass is 10.1. The predicted molar refractivity (Wildman–Crippen MR) is 97.8 cm³/mol. The van der Waals surface area contributed by atoms with Gasteiger partial charge in [0.1, 0.15) is 0 Å². The Morgan fingerprint density at radius 3 is 2.35 bits per heavy atom. The lowest BCUT2D eigenvalue weighted by molar-refractivity contribution is 0.0606. The smallest absolute Gasteiger partial charge is 0.354 e. The third kappa shape index (κ3) is 3.70. The summed E-state index contributed by atoms with van der Waals surface area (Å²) in [7, 11) is 1.51. The molecule has 0 bridgehead atoms. The summed E-state index contributed by atoms with van der Waals surface area (Å²) in [6.07, 6.45) is 1.31. The summed E-state index contributed by atoms with van der Waals surface area (Å²) in [6.45, 7) is 2.89. The third-order valence-corrected chi connectivity index (χ3v) is 5.18. The van der Waals surface area contributed by atoms with Crippen molar-refractivity contribution in [2.45, 2.75) is 6.54 Å². The second-order valence-electron chi connectivity index (χ2n) is 6.10. The van der Waals surface area contributed by atoms with E-state index in [1.54, 1.807) is 23.1 Å². The van der Waals surface area contributed by atoms with Crippen molar-refractivity contribution in [3.63, 3.8) is 0 Å². The highest BCUT2D eigenvalue weighted by Gasteiger charge is 2.28. The van der Waals surface area contributed by atoms with Gasteiger partial charge in [-0.2, -0.15) is 5.10 Å². The average Bonchev–Trinajstić information content (AvgIpc) is 3.00. The van der Waals surface area contributed by atoms with Gasteiger partial charge in [0.05, 0.1) is 11.8 Å². The lowest BCUT2D eigenvalue weighted by Gasteiger charge is -2.35. The van der Waals surface area contributed by atoms with Crippen LogP contribution in [-0.2, 0) is 13.6 Å². The van der Waals surface area contributed by atoms with E-state index < -0.39 is 5.97 Å². The summed E-state index contributed by atoms with van der Waals surface area (Å²) >= 11 is 12.4.